The molecule has 1 saturated heterocycles. The Balaban J connectivity index is 1.30. The number of hydrogen-bond acceptors (Lipinski definition) is 5. The number of rotatable bonds is 7. The van der Waals surface area contributed by atoms with Gasteiger partial charge in [0.2, 0.25) is 0 Å². The molecule has 1 aromatic carbocycles. The second-order valence-electron chi connectivity index (χ2n) is 9.56. The van der Waals surface area contributed by atoms with Gasteiger partial charge in [-0.25, -0.2) is 9.59 Å². The second kappa shape index (κ2) is 7.57. The Morgan fingerprint density at radius 2 is 2.00 bits per heavy atom. The molecule has 7 nitrogen and oxygen atoms in total. The summed E-state index contributed by atoms with van der Waals surface area (Å²) in [5.74, 6) is -0.448. The Labute approximate surface area is 177 Å². The number of nitrogens with one attached hydrogen (secondary N) is 1. The van der Waals surface area contributed by atoms with Crippen molar-refractivity contribution >= 4 is 19.2 Å². The first-order valence-electron chi connectivity index (χ1n) is 10.7. The summed E-state index contributed by atoms with van der Waals surface area (Å²) in [5.41, 5.74) is 0.259. The van der Waals surface area contributed by atoms with Gasteiger partial charge in [-0.1, -0.05) is 44.2 Å². The van der Waals surface area contributed by atoms with Crippen LogP contribution in [0, 0.1) is 11.3 Å². The molecule has 1 spiro atoms. The van der Waals surface area contributed by atoms with Crippen molar-refractivity contribution in [2.45, 2.75) is 76.6 Å². The molecule has 0 radical (unpaired) electrons. The maximum Gasteiger partial charge on any atom is 0.457 e. The summed E-state index contributed by atoms with van der Waals surface area (Å²) in [6.07, 6.45) is 2.95. The van der Waals surface area contributed by atoms with E-state index in [-0.39, 0.29) is 29.6 Å². The van der Waals surface area contributed by atoms with Gasteiger partial charge in [0.25, 0.3) is 0 Å². The fourth-order valence-electron chi connectivity index (χ4n) is 5.68. The van der Waals surface area contributed by atoms with Crippen LogP contribution in [0.5, 0.6) is 0 Å². The molecule has 30 heavy (non-hydrogen) atoms. The fourth-order valence-corrected chi connectivity index (χ4v) is 5.68. The fraction of sp³-hybridized carbons (Fsp3) is 0.636. The SMILES string of the molecule is CC1(C)C2CC[C@]3(C)OB(CC[C@H](NC(=O)OCc4ccccc4)C(=O)O)O[C@]13C2. The number of hydrogen-bond donors (Lipinski definition) is 2. The number of benzene rings is 1. The summed E-state index contributed by atoms with van der Waals surface area (Å²) in [5, 5.41) is 12.0. The minimum atomic E-state index is -1.10. The van der Waals surface area contributed by atoms with E-state index in [1.54, 1.807) is 0 Å². The predicted octanol–water partition coefficient (Wildman–Crippen LogP) is 3.63. The van der Waals surface area contributed by atoms with Crippen molar-refractivity contribution < 1.29 is 28.7 Å². The summed E-state index contributed by atoms with van der Waals surface area (Å²) >= 11 is 0. The Morgan fingerprint density at radius 3 is 2.63 bits per heavy atom. The van der Waals surface area contributed by atoms with Gasteiger partial charge in [-0.05, 0) is 55.8 Å². The van der Waals surface area contributed by atoms with Gasteiger partial charge < -0.3 is 24.5 Å². The van der Waals surface area contributed by atoms with Gasteiger partial charge in [0.15, 0.2) is 0 Å². The average Bonchev–Trinajstić information content (AvgIpc) is 3.05. The Morgan fingerprint density at radius 1 is 1.27 bits per heavy atom. The topological polar surface area (TPSA) is 94.1 Å². The standard InChI is InChI=1S/C22H30BNO6/c1-20(2)16-9-11-21(3)22(20,13-16)30-23(29-21)12-10-17(18(25)26)24-19(27)28-14-15-7-5-4-6-8-15/h4-8,16-17H,9-14H2,1-3H3,(H,24,27)(H,25,26)/t16?,17-,21-,22+/m0/s1. The van der Waals surface area contributed by atoms with Crippen LogP contribution in [0.15, 0.2) is 30.3 Å². The zero-order valence-electron chi connectivity index (χ0n) is 17.8. The summed E-state index contributed by atoms with van der Waals surface area (Å²) < 4.78 is 17.9. The maximum atomic E-state index is 12.1. The van der Waals surface area contributed by atoms with E-state index in [0.717, 1.165) is 24.8 Å². The van der Waals surface area contributed by atoms with E-state index in [4.69, 9.17) is 14.0 Å². The van der Waals surface area contributed by atoms with Gasteiger partial charge in [-0.2, -0.15) is 0 Å². The highest BCUT2D eigenvalue weighted by Gasteiger charge is 2.75. The van der Waals surface area contributed by atoms with Crippen LogP contribution in [0.2, 0.25) is 6.32 Å². The van der Waals surface area contributed by atoms with Crippen molar-refractivity contribution in [2.75, 3.05) is 0 Å². The Hall–Kier alpha value is -2.06. The number of amides is 1. The van der Waals surface area contributed by atoms with Crippen LogP contribution in [0.1, 0.15) is 52.0 Å². The molecule has 8 heteroatoms. The van der Waals surface area contributed by atoms with Crippen LogP contribution in [0.25, 0.3) is 0 Å². The highest BCUT2D eigenvalue weighted by Crippen LogP contribution is 2.70. The number of carbonyl (C=O) groups is 2. The van der Waals surface area contributed by atoms with Gasteiger partial charge >= 0.3 is 19.2 Å². The van der Waals surface area contributed by atoms with Crippen molar-refractivity contribution in [1.82, 2.24) is 5.32 Å². The number of aliphatic carboxylic acids is 1. The lowest BCUT2D eigenvalue weighted by atomic mass is 9.41. The third kappa shape index (κ3) is 3.40. The minimum absolute atomic E-state index is 0.0560. The van der Waals surface area contributed by atoms with E-state index in [2.05, 4.69) is 26.1 Å². The van der Waals surface area contributed by atoms with Crippen LogP contribution in [0.3, 0.4) is 0 Å². The zero-order valence-corrected chi connectivity index (χ0v) is 17.8. The first kappa shape index (κ1) is 21.2. The molecular weight excluding hydrogens is 385 g/mol. The summed E-state index contributed by atoms with van der Waals surface area (Å²) in [7, 11) is -0.461. The zero-order chi connectivity index (χ0) is 21.6. The molecule has 4 fully saturated rings. The van der Waals surface area contributed by atoms with E-state index in [1.165, 1.54) is 0 Å². The number of fused-ring (bicyclic) bond motifs is 1. The lowest BCUT2D eigenvalue weighted by Gasteiger charge is -2.69. The van der Waals surface area contributed by atoms with Crippen molar-refractivity contribution in [2.24, 2.45) is 11.3 Å². The predicted molar refractivity (Wildman–Crippen MR) is 111 cm³/mol. The molecule has 162 valence electrons. The summed E-state index contributed by atoms with van der Waals surface area (Å²) in [4.78, 5) is 23.7. The van der Waals surface area contributed by atoms with Crippen LogP contribution < -0.4 is 5.32 Å². The van der Waals surface area contributed by atoms with Gasteiger partial charge in [-0.15, -0.1) is 0 Å². The number of carbonyl (C=O) groups excluding carboxylic acids is 1. The highest BCUT2D eigenvalue weighted by atomic mass is 16.7. The molecule has 2 N–H and O–H groups in total. The Bertz CT molecular complexity index is 817. The van der Waals surface area contributed by atoms with Crippen molar-refractivity contribution in [1.29, 1.82) is 0 Å². The maximum absolute atomic E-state index is 12.1. The molecule has 1 unspecified atom stereocenters. The average molecular weight is 415 g/mol. The molecular formula is C22H30BNO6. The number of carboxylic acids is 1. The van der Waals surface area contributed by atoms with Gasteiger partial charge in [0.05, 0.1) is 11.2 Å². The number of alkyl carbamates (subject to hydrolysis) is 1. The molecule has 1 heterocycles. The molecule has 1 aliphatic heterocycles. The van der Waals surface area contributed by atoms with E-state index in [1.807, 2.05) is 30.3 Å². The molecule has 3 aliphatic carbocycles. The molecule has 3 saturated carbocycles. The van der Waals surface area contributed by atoms with Gasteiger partial charge in [-0.3, -0.25) is 0 Å². The van der Waals surface area contributed by atoms with E-state index in [9.17, 15) is 14.7 Å². The van der Waals surface area contributed by atoms with Crippen LogP contribution in [0.4, 0.5) is 4.79 Å². The minimum Gasteiger partial charge on any atom is -0.480 e. The second-order valence-corrected chi connectivity index (χ2v) is 9.56. The molecule has 5 rings (SSSR count). The smallest absolute Gasteiger partial charge is 0.457 e. The number of ether oxygens (including phenoxy) is 1. The van der Waals surface area contributed by atoms with Crippen LogP contribution in [-0.2, 0) is 25.4 Å². The number of carboxylic acid groups (broad SMARTS) is 1. The van der Waals surface area contributed by atoms with Crippen LogP contribution in [-0.4, -0.2) is 41.5 Å². The quantitative estimate of drug-likeness (QED) is 0.661. The Kier molecular flexibility index (Phi) is 5.35. The molecule has 0 aromatic heterocycles. The van der Waals surface area contributed by atoms with E-state index >= 15 is 0 Å². The molecule has 1 aromatic rings. The normalized spacial score (nSPS) is 32.0. The van der Waals surface area contributed by atoms with Crippen molar-refractivity contribution in [3.63, 3.8) is 0 Å². The monoisotopic (exact) mass is 415 g/mol. The van der Waals surface area contributed by atoms with Crippen molar-refractivity contribution in [3.05, 3.63) is 35.9 Å². The van der Waals surface area contributed by atoms with E-state index < -0.39 is 25.2 Å². The molecule has 2 bridgehead atoms. The lowest BCUT2D eigenvalue weighted by molar-refractivity contribution is -0.257. The third-order valence-electron chi connectivity index (χ3n) is 7.64. The summed E-state index contributed by atoms with van der Waals surface area (Å²) in [6, 6.07) is 8.18. The van der Waals surface area contributed by atoms with Gasteiger partial charge in [0.1, 0.15) is 12.6 Å². The largest absolute Gasteiger partial charge is 0.480 e. The molecule has 1 amide bonds. The van der Waals surface area contributed by atoms with Gasteiger partial charge in [0, 0.05) is 0 Å². The molecule has 4 aliphatic rings. The third-order valence-corrected chi connectivity index (χ3v) is 7.64. The first-order chi connectivity index (χ1) is 14.2. The first-order valence-corrected chi connectivity index (χ1v) is 10.7. The molecule has 4 atom stereocenters. The highest BCUT2D eigenvalue weighted by molar-refractivity contribution is 6.45. The van der Waals surface area contributed by atoms with Crippen LogP contribution >= 0.6 is 0 Å². The lowest BCUT2D eigenvalue weighted by Crippen LogP contribution is -2.73. The van der Waals surface area contributed by atoms with Crippen molar-refractivity contribution in [3.8, 4) is 0 Å². The van der Waals surface area contributed by atoms with E-state index in [0.29, 0.717) is 12.2 Å². The summed E-state index contributed by atoms with van der Waals surface area (Å²) in [6.45, 7) is 6.70.